The minimum atomic E-state index is 0.131. The lowest BCUT2D eigenvalue weighted by Crippen LogP contribution is -2.04. The van der Waals surface area contributed by atoms with Gasteiger partial charge in [0.05, 0.1) is 0 Å². The van der Waals surface area contributed by atoms with E-state index >= 15 is 0 Å². The van der Waals surface area contributed by atoms with Gasteiger partial charge in [-0.25, -0.2) is 0 Å². The standard InChI is InChI=1S/C6H9NOS/c1-3-5-4-7(2)6(8)9-5/h4H,3H2,1-2H3. The molecule has 0 saturated heterocycles. The molecule has 1 heterocycles. The molecule has 0 amide bonds. The van der Waals surface area contributed by atoms with E-state index in [1.807, 2.05) is 13.1 Å². The Morgan fingerprint density at radius 2 is 2.44 bits per heavy atom. The average Bonchev–Trinajstić information content (AvgIpc) is 2.13. The maximum Gasteiger partial charge on any atom is 0.307 e. The molecule has 0 aliphatic carbocycles. The van der Waals surface area contributed by atoms with Crippen molar-refractivity contribution in [2.75, 3.05) is 0 Å². The zero-order valence-electron chi connectivity index (χ0n) is 5.55. The van der Waals surface area contributed by atoms with Gasteiger partial charge in [-0.1, -0.05) is 18.3 Å². The topological polar surface area (TPSA) is 22.0 Å². The second kappa shape index (κ2) is 2.35. The third kappa shape index (κ3) is 1.21. The van der Waals surface area contributed by atoms with Crippen LogP contribution in [-0.2, 0) is 13.5 Å². The Kier molecular flexibility index (Phi) is 1.71. The largest absolute Gasteiger partial charge is 0.309 e. The second-order valence-corrected chi connectivity index (χ2v) is 3.01. The van der Waals surface area contributed by atoms with E-state index in [-0.39, 0.29) is 4.87 Å². The molecular formula is C6H9NOS. The summed E-state index contributed by atoms with van der Waals surface area (Å²) in [4.78, 5) is 12.1. The van der Waals surface area contributed by atoms with Gasteiger partial charge < -0.3 is 4.57 Å². The van der Waals surface area contributed by atoms with Crippen molar-refractivity contribution in [3.63, 3.8) is 0 Å². The first-order valence-electron chi connectivity index (χ1n) is 2.89. The van der Waals surface area contributed by atoms with E-state index in [2.05, 4.69) is 0 Å². The van der Waals surface area contributed by atoms with Gasteiger partial charge in [0.25, 0.3) is 0 Å². The molecule has 1 aromatic rings. The normalized spacial score (nSPS) is 10.0. The van der Waals surface area contributed by atoms with Crippen LogP contribution in [0.1, 0.15) is 11.8 Å². The number of nitrogens with zero attached hydrogens (tertiary/aromatic N) is 1. The van der Waals surface area contributed by atoms with Crippen LogP contribution in [0, 0.1) is 0 Å². The van der Waals surface area contributed by atoms with E-state index in [1.54, 1.807) is 11.6 Å². The Morgan fingerprint density at radius 3 is 2.67 bits per heavy atom. The fourth-order valence-corrected chi connectivity index (χ4v) is 1.42. The molecule has 0 fully saturated rings. The van der Waals surface area contributed by atoms with Crippen LogP contribution in [0.25, 0.3) is 0 Å². The summed E-state index contributed by atoms with van der Waals surface area (Å²) in [5, 5.41) is 0. The van der Waals surface area contributed by atoms with E-state index < -0.39 is 0 Å². The van der Waals surface area contributed by atoms with Gasteiger partial charge >= 0.3 is 4.87 Å². The molecule has 50 valence electrons. The molecule has 0 N–H and O–H groups in total. The molecular weight excluding hydrogens is 134 g/mol. The van der Waals surface area contributed by atoms with E-state index in [1.165, 1.54) is 11.3 Å². The van der Waals surface area contributed by atoms with Gasteiger partial charge in [-0.05, 0) is 6.42 Å². The molecule has 2 nitrogen and oxygen atoms in total. The van der Waals surface area contributed by atoms with E-state index in [0.29, 0.717) is 0 Å². The maximum absolute atomic E-state index is 10.8. The molecule has 9 heavy (non-hydrogen) atoms. The highest BCUT2D eigenvalue weighted by Gasteiger charge is 1.95. The zero-order chi connectivity index (χ0) is 6.85. The molecule has 0 aliphatic rings. The van der Waals surface area contributed by atoms with Gasteiger partial charge in [-0.3, -0.25) is 4.79 Å². The van der Waals surface area contributed by atoms with E-state index in [0.717, 1.165) is 11.3 Å². The number of thiazole rings is 1. The lowest BCUT2D eigenvalue weighted by atomic mass is 10.4. The van der Waals surface area contributed by atoms with Crippen molar-refractivity contribution in [2.24, 2.45) is 7.05 Å². The minimum absolute atomic E-state index is 0.131. The quantitative estimate of drug-likeness (QED) is 0.575. The number of hydrogen-bond acceptors (Lipinski definition) is 2. The van der Waals surface area contributed by atoms with E-state index in [9.17, 15) is 4.79 Å². The molecule has 0 unspecified atom stereocenters. The molecule has 0 spiro atoms. The molecule has 1 aromatic heterocycles. The van der Waals surface area contributed by atoms with Gasteiger partial charge in [-0.15, -0.1) is 0 Å². The average molecular weight is 143 g/mol. The Labute approximate surface area is 57.8 Å². The van der Waals surface area contributed by atoms with Crippen LogP contribution >= 0.6 is 11.3 Å². The predicted molar refractivity (Wildman–Crippen MR) is 38.9 cm³/mol. The third-order valence-corrected chi connectivity index (χ3v) is 2.31. The van der Waals surface area contributed by atoms with Crippen molar-refractivity contribution >= 4 is 11.3 Å². The fourth-order valence-electron chi connectivity index (χ4n) is 0.643. The molecule has 3 heteroatoms. The lowest BCUT2D eigenvalue weighted by molar-refractivity contribution is 0.887. The maximum atomic E-state index is 10.8. The number of aryl methyl sites for hydroxylation is 2. The van der Waals surface area contributed by atoms with Crippen LogP contribution in [-0.4, -0.2) is 4.57 Å². The summed E-state index contributed by atoms with van der Waals surface area (Å²) in [6.45, 7) is 2.05. The first kappa shape index (κ1) is 6.55. The van der Waals surface area contributed by atoms with Gasteiger partial charge in [0.2, 0.25) is 0 Å². The number of hydrogen-bond donors (Lipinski definition) is 0. The summed E-state index contributed by atoms with van der Waals surface area (Å²) in [5.41, 5.74) is 0. The summed E-state index contributed by atoms with van der Waals surface area (Å²) >= 11 is 1.32. The van der Waals surface area contributed by atoms with E-state index in [4.69, 9.17) is 0 Å². The predicted octanol–water partition coefficient (Wildman–Crippen LogP) is 1.01. The molecule has 0 saturated carbocycles. The summed E-state index contributed by atoms with van der Waals surface area (Å²) in [6, 6.07) is 0. The van der Waals surface area contributed by atoms with Crippen molar-refractivity contribution in [3.05, 3.63) is 20.7 Å². The van der Waals surface area contributed by atoms with Gasteiger partial charge in [0, 0.05) is 18.1 Å². The fraction of sp³-hybridized carbons (Fsp3) is 0.500. The summed E-state index contributed by atoms with van der Waals surface area (Å²) < 4.78 is 1.61. The van der Waals surface area contributed by atoms with Gasteiger partial charge in [-0.2, -0.15) is 0 Å². The van der Waals surface area contributed by atoms with Crippen molar-refractivity contribution in [3.8, 4) is 0 Å². The first-order chi connectivity index (χ1) is 4.24. The monoisotopic (exact) mass is 143 g/mol. The van der Waals surface area contributed by atoms with Crippen LogP contribution < -0.4 is 4.87 Å². The van der Waals surface area contributed by atoms with Crippen molar-refractivity contribution < 1.29 is 0 Å². The van der Waals surface area contributed by atoms with Crippen LogP contribution in [0.4, 0.5) is 0 Å². The Balaban J connectivity index is 3.13. The van der Waals surface area contributed by atoms with Crippen molar-refractivity contribution in [1.82, 2.24) is 4.57 Å². The van der Waals surface area contributed by atoms with Gasteiger partial charge in [0.1, 0.15) is 0 Å². The lowest BCUT2D eigenvalue weighted by Gasteiger charge is -1.81. The molecule has 1 rings (SSSR count). The molecule has 0 radical (unpaired) electrons. The Bertz CT molecular complexity index is 248. The first-order valence-corrected chi connectivity index (χ1v) is 3.71. The van der Waals surface area contributed by atoms with Crippen molar-refractivity contribution in [2.45, 2.75) is 13.3 Å². The summed E-state index contributed by atoms with van der Waals surface area (Å²) in [5.74, 6) is 0. The van der Waals surface area contributed by atoms with Crippen LogP contribution in [0.3, 0.4) is 0 Å². The highest BCUT2D eigenvalue weighted by Crippen LogP contribution is 2.01. The van der Waals surface area contributed by atoms with Gasteiger partial charge in [0.15, 0.2) is 0 Å². The highest BCUT2D eigenvalue weighted by atomic mass is 32.1. The zero-order valence-corrected chi connectivity index (χ0v) is 6.36. The van der Waals surface area contributed by atoms with Crippen LogP contribution in [0.2, 0.25) is 0 Å². The van der Waals surface area contributed by atoms with Crippen LogP contribution in [0.5, 0.6) is 0 Å². The highest BCUT2D eigenvalue weighted by molar-refractivity contribution is 7.09. The molecule has 0 aliphatic heterocycles. The molecule has 0 aromatic carbocycles. The molecule has 0 atom stereocenters. The number of aromatic nitrogens is 1. The third-order valence-electron chi connectivity index (χ3n) is 1.19. The smallest absolute Gasteiger partial charge is 0.307 e. The minimum Gasteiger partial charge on any atom is -0.309 e. The number of rotatable bonds is 1. The van der Waals surface area contributed by atoms with Crippen LogP contribution in [0.15, 0.2) is 11.0 Å². The molecule has 0 bridgehead atoms. The second-order valence-electron chi connectivity index (χ2n) is 1.93. The van der Waals surface area contributed by atoms with Crippen molar-refractivity contribution in [1.29, 1.82) is 0 Å². The Hall–Kier alpha value is -0.570. The Morgan fingerprint density at radius 1 is 1.78 bits per heavy atom. The summed E-state index contributed by atoms with van der Waals surface area (Å²) in [6.07, 6.45) is 2.84. The summed E-state index contributed by atoms with van der Waals surface area (Å²) in [7, 11) is 1.78. The SMILES string of the molecule is CCc1cn(C)c(=O)s1.